The molecule has 32 heavy (non-hydrogen) atoms. The molecule has 0 aliphatic carbocycles. The van der Waals surface area contributed by atoms with Crippen LogP contribution in [0.3, 0.4) is 0 Å². The molecule has 2 rings (SSSR count). The van der Waals surface area contributed by atoms with Crippen molar-refractivity contribution in [1.29, 1.82) is 0 Å². The third kappa shape index (κ3) is 7.70. The highest BCUT2D eigenvalue weighted by atomic mass is 16.5. The Bertz CT molecular complexity index is 861. The van der Waals surface area contributed by atoms with E-state index in [1.54, 1.807) is 4.90 Å². The predicted molar refractivity (Wildman–Crippen MR) is 130 cm³/mol. The third-order valence-corrected chi connectivity index (χ3v) is 5.56. The Morgan fingerprint density at radius 1 is 1.06 bits per heavy atom. The van der Waals surface area contributed by atoms with Crippen LogP contribution in [-0.4, -0.2) is 35.9 Å². The molecule has 0 fully saturated rings. The maximum atomic E-state index is 13.2. The lowest BCUT2D eigenvalue weighted by molar-refractivity contribution is -0.143. The molecule has 1 N–H and O–H groups in total. The Kier molecular flexibility index (Phi) is 10.3. The van der Waals surface area contributed by atoms with Crippen molar-refractivity contribution in [3.05, 3.63) is 65.2 Å². The number of rotatable bonds is 12. The first kappa shape index (κ1) is 25.4. The van der Waals surface area contributed by atoms with Crippen LogP contribution >= 0.6 is 0 Å². The largest absolute Gasteiger partial charge is 0.484 e. The summed E-state index contributed by atoms with van der Waals surface area (Å²) in [5.41, 5.74) is 3.34. The van der Waals surface area contributed by atoms with Crippen molar-refractivity contribution in [3.8, 4) is 5.75 Å². The Labute approximate surface area is 193 Å². The molecule has 0 aromatic heterocycles. The van der Waals surface area contributed by atoms with Crippen molar-refractivity contribution >= 4 is 11.8 Å². The second-order valence-electron chi connectivity index (χ2n) is 8.59. The lowest BCUT2D eigenvalue weighted by Crippen LogP contribution is -2.50. The highest BCUT2D eigenvalue weighted by Gasteiger charge is 2.28. The topological polar surface area (TPSA) is 58.6 Å². The standard InChI is InChI=1S/C27H38N2O3/c1-6-8-16-28-27(31)25(7-2)29(18-22-11-9-10-21(5)17-22)26(30)19-32-24-14-12-23(13-15-24)20(3)4/h9-15,17,20,25H,6-8,16,18-19H2,1-5H3,(H,28,31). The molecule has 1 unspecified atom stereocenters. The van der Waals surface area contributed by atoms with Gasteiger partial charge in [-0.15, -0.1) is 0 Å². The number of amides is 2. The van der Waals surface area contributed by atoms with Gasteiger partial charge in [-0.05, 0) is 48.9 Å². The van der Waals surface area contributed by atoms with Gasteiger partial charge in [-0.25, -0.2) is 0 Å². The number of aryl methyl sites for hydroxylation is 1. The van der Waals surface area contributed by atoms with E-state index in [-0.39, 0.29) is 18.4 Å². The number of carbonyl (C=O) groups excluding carboxylic acids is 2. The van der Waals surface area contributed by atoms with Gasteiger partial charge in [0, 0.05) is 13.1 Å². The van der Waals surface area contributed by atoms with Crippen LogP contribution in [0.4, 0.5) is 0 Å². The number of benzene rings is 2. The average molecular weight is 439 g/mol. The SMILES string of the molecule is CCCCNC(=O)C(CC)N(Cc1cccc(C)c1)C(=O)COc1ccc(C(C)C)cc1. The Morgan fingerprint density at radius 2 is 1.78 bits per heavy atom. The van der Waals surface area contributed by atoms with Gasteiger partial charge < -0.3 is 15.0 Å². The van der Waals surface area contributed by atoms with Crippen LogP contribution in [0.2, 0.25) is 0 Å². The van der Waals surface area contributed by atoms with Crippen molar-refractivity contribution in [3.63, 3.8) is 0 Å². The molecule has 5 heteroatoms. The van der Waals surface area contributed by atoms with Crippen LogP contribution in [0.15, 0.2) is 48.5 Å². The summed E-state index contributed by atoms with van der Waals surface area (Å²) >= 11 is 0. The molecule has 0 radical (unpaired) electrons. The lowest BCUT2D eigenvalue weighted by Gasteiger charge is -2.30. The summed E-state index contributed by atoms with van der Waals surface area (Å²) in [4.78, 5) is 27.8. The number of ether oxygens (including phenoxy) is 1. The Balaban J connectivity index is 2.15. The van der Waals surface area contributed by atoms with Gasteiger partial charge in [-0.3, -0.25) is 9.59 Å². The normalized spacial score (nSPS) is 11.8. The monoisotopic (exact) mass is 438 g/mol. The smallest absolute Gasteiger partial charge is 0.261 e. The number of nitrogens with one attached hydrogen (secondary N) is 1. The van der Waals surface area contributed by atoms with Crippen LogP contribution in [0, 0.1) is 6.92 Å². The van der Waals surface area contributed by atoms with Gasteiger partial charge in [0.25, 0.3) is 5.91 Å². The zero-order valence-electron chi connectivity index (χ0n) is 20.2. The molecule has 0 aliphatic rings. The second kappa shape index (κ2) is 12.9. The fourth-order valence-electron chi connectivity index (χ4n) is 3.61. The van der Waals surface area contributed by atoms with Gasteiger partial charge in [-0.1, -0.05) is 76.1 Å². The Morgan fingerprint density at radius 3 is 2.38 bits per heavy atom. The number of carbonyl (C=O) groups is 2. The van der Waals surface area contributed by atoms with Crippen molar-refractivity contribution in [2.75, 3.05) is 13.2 Å². The van der Waals surface area contributed by atoms with E-state index in [1.165, 1.54) is 5.56 Å². The minimum atomic E-state index is -0.535. The van der Waals surface area contributed by atoms with E-state index in [1.807, 2.05) is 62.4 Å². The second-order valence-corrected chi connectivity index (χ2v) is 8.59. The molecule has 0 saturated carbocycles. The minimum absolute atomic E-state index is 0.106. The highest BCUT2D eigenvalue weighted by Crippen LogP contribution is 2.19. The fraction of sp³-hybridized carbons (Fsp3) is 0.481. The van der Waals surface area contributed by atoms with E-state index in [2.05, 4.69) is 26.1 Å². The average Bonchev–Trinajstić information content (AvgIpc) is 2.77. The van der Waals surface area contributed by atoms with Crippen molar-refractivity contribution in [2.45, 2.75) is 72.4 Å². The molecule has 2 aromatic rings. The summed E-state index contributed by atoms with van der Waals surface area (Å²) in [6.07, 6.45) is 2.47. The van der Waals surface area contributed by atoms with Gasteiger partial charge in [-0.2, -0.15) is 0 Å². The van der Waals surface area contributed by atoms with E-state index >= 15 is 0 Å². The van der Waals surface area contributed by atoms with Crippen LogP contribution < -0.4 is 10.1 Å². The summed E-state index contributed by atoms with van der Waals surface area (Å²) in [7, 11) is 0. The minimum Gasteiger partial charge on any atom is -0.484 e. The van der Waals surface area contributed by atoms with E-state index < -0.39 is 6.04 Å². The van der Waals surface area contributed by atoms with Crippen LogP contribution in [0.25, 0.3) is 0 Å². The molecular formula is C27H38N2O3. The quantitative estimate of drug-likeness (QED) is 0.462. The number of hydrogen-bond donors (Lipinski definition) is 1. The van der Waals surface area contributed by atoms with E-state index in [4.69, 9.17) is 4.74 Å². The first-order valence-corrected chi connectivity index (χ1v) is 11.7. The maximum absolute atomic E-state index is 13.2. The summed E-state index contributed by atoms with van der Waals surface area (Å²) < 4.78 is 5.79. The fourth-order valence-corrected chi connectivity index (χ4v) is 3.61. The molecule has 174 valence electrons. The van der Waals surface area contributed by atoms with Gasteiger partial charge in [0.05, 0.1) is 0 Å². The predicted octanol–water partition coefficient (Wildman–Crippen LogP) is 5.22. The zero-order chi connectivity index (χ0) is 23.5. The molecular weight excluding hydrogens is 400 g/mol. The van der Waals surface area contributed by atoms with Crippen LogP contribution in [0.1, 0.15) is 69.6 Å². The molecule has 2 aromatic carbocycles. The molecule has 5 nitrogen and oxygen atoms in total. The summed E-state index contributed by atoms with van der Waals surface area (Å²) in [6, 6.07) is 15.3. The molecule has 1 atom stereocenters. The summed E-state index contributed by atoms with van der Waals surface area (Å²) in [5.74, 6) is 0.783. The van der Waals surface area contributed by atoms with Gasteiger partial charge >= 0.3 is 0 Å². The zero-order valence-corrected chi connectivity index (χ0v) is 20.2. The first-order valence-electron chi connectivity index (χ1n) is 11.7. The number of hydrogen-bond acceptors (Lipinski definition) is 3. The van der Waals surface area contributed by atoms with Gasteiger partial charge in [0.1, 0.15) is 11.8 Å². The van der Waals surface area contributed by atoms with Gasteiger partial charge in [0.2, 0.25) is 5.91 Å². The number of unbranched alkanes of at least 4 members (excludes halogenated alkanes) is 1. The summed E-state index contributed by atoms with van der Waals surface area (Å²) in [6.45, 7) is 11.2. The van der Waals surface area contributed by atoms with E-state index in [9.17, 15) is 9.59 Å². The molecule has 0 heterocycles. The van der Waals surface area contributed by atoms with E-state index in [0.29, 0.717) is 31.2 Å². The Hall–Kier alpha value is -2.82. The third-order valence-electron chi connectivity index (χ3n) is 5.56. The van der Waals surface area contributed by atoms with Crippen LogP contribution in [-0.2, 0) is 16.1 Å². The van der Waals surface area contributed by atoms with Crippen LogP contribution in [0.5, 0.6) is 5.75 Å². The molecule has 0 bridgehead atoms. The highest BCUT2D eigenvalue weighted by molar-refractivity contribution is 5.88. The van der Waals surface area contributed by atoms with E-state index in [0.717, 1.165) is 24.0 Å². The summed E-state index contributed by atoms with van der Waals surface area (Å²) in [5, 5.41) is 2.98. The maximum Gasteiger partial charge on any atom is 0.261 e. The first-order chi connectivity index (χ1) is 15.3. The van der Waals surface area contributed by atoms with Crippen molar-refractivity contribution < 1.29 is 14.3 Å². The molecule has 2 amide bonds. The van der Waals surface area contributed by atoms with Crippen molar-refractivity contribution in [1.82, 2.24) is 10.2 Å². The van der Waals surface area contributed by atoms with Crippen molar-refractivity contribution in [2.24, 2.45) is 0 Å². The molecule has 0 aliphatic heterocycles. The number of nitrogens with zero attached hydrogens (tertiary/aromatic N) is 1. The van der Waals surface area contributed by atoms with Gasteiger partial charge in [0.15, 0.2) is 6.61 Å². The molecule has 0 spiro atoms. The lowest BCUT2D eigenvalue weighted by atomic mass is 10.0. The molecule has 0 saturated heterocycles.